The number of pyridine rings is 2. The number of rotatable bonds is 6. The summed E-state index contributed by atoms with van der Waals surface area (Å²) in [5, 5.41) is -0.0227. The number of nitrogens with zero attached hydrogens (tertiary/aromatic N) is 3. The van der Waals surface area contributed by atoms with E-state index in [1.165, 1.54) is 24.5 Å². The van der Waals surface area contributed by atoms with Gasteiger partial charge in [-0.1, -0.05) is 29.8 Å². The number of sulfonamides is 1. The minimum absolute atomic E-state index is 0.0227. The van der Waals surface area contributed by atoms with Crippen LogP contribution in [-0.2, 0) is 27.6 Å². The van der Waals surface area contributed by atoms with Crippen molar-refractivity contribution < 1.29 is 31.2 Å². The topological polar surface area (TPSA) is 115 Å². The number of hydrogen-bond donors (Lipinski definition) is 1. The summed E-state index contributed by atoms with van der Waals surface area (Å²) < 4.78 is 68.7. The summed E-state index contributed by atoms with van der Waals surface area (Å²) in [5.74, 6) is 3.97. The SMILES string of the molecule is Cc1ccc(S(=O)(=O)N(Cc2cccnc2)c2c(C(=O)ON)cnc3cc(C(F)(F)F)ccc23)cc1. The quantitative estimate of drug-likeness (QED) is 0.378. The van der Waals surface area contributed by atoms with Gasteiger partial charge in [-0.2, -0.15) is 19.1 Å². The highest BCUT2D eigenvalue weighted by Gasteiger charge is 2.34. The predicted molar refractivity (Wildman–Crippen MR) is 125 cm³/mol. The lowest BCUT2D eigenvalue weighted by Gasteiger charge is -2.27. The van der Waals surface area contributed by atoms with Gasteiger partial charge in [0.2, 0.25) is 0 Å². The number of carbonyl (C=O) groups excluding carboxylic acids is 1. The van der Waals surface area contributed by atoms with Crippen molar-refractivity contribution in [3.05, 3.63) is 95.4 Å². The van der Waals surface area contributed by atoms with Gasteiger partial charge in [0.05, 0.1) is 28.2 Å². The van der Waals surface area contributed by atoms with Crippen molar-refractivity contribution in [2.75, 3.05) is 4.31 Å². The normalized spacial score (nSPS) is 11.9. The maximum absolute atomic E-state index is 13.9. The standard InChI is InChI=1S/C24H19F3N4O4S/c1-15-4-7-18(8-5-15)36(33,34)31(14-16-3-2-10-29-12-16)22-19-9-6-17(24(25,26)27)11-21(19)30-13-20(22)23(32)35-28/h2-13H,14,28H2,1H3. The highest BCUT2D eigenvalue weighted by atomic mass is 32.2. The molecule has 2 N–H and O–H groups in total. The largest absolute Gasteiger partial charge is 0.416 e. The summed E-state index contributed by atoms with van der Waals surface area (Å²) in [6.07, 6.45) is -0.786. The molecule has 2 aromatic carbocycles. The number of aromatic nitrogens is 2. The fraction of sp³-hybridized carbons (Fsp3) is 0.125. The molecule has 0 bridgehead atoms. The summed E-state index contributed by atoms with van der Waals surface area (Å²) in [6, 6.07) is 11.8. The first-order chi connectivity index (χ1) is 17.0. The van der Waals surface area contributed by atoms with Gasteiger partial charge in [0.1, 0.15) is 5.56 Å². The van der Waals surface area contributed by atoms with Gasteiger partial charge in [-0.05, 0) is 42.8 Å². The Balaban J connectivity index is 2.04. The predicted octanol–water partition coefficient (Wildman–Crippen LogP) is 4.38. The Morgan fingerprint density at radius 2 is 1.81 bits per heavy atom. The van der Waals surface area contributed by atoms with Crippen LogP contribution in [-0.4, -0.2) is 24.4 Å². The zero-order valence-corrected chi connectivity index (χ0v) is 19.5. The molecule has 36 heavy (non-hydrogen) atoms. The lowest BCUT2D eigenvalue weighted by Crippen LogP contribution is -2.32. The minimum Gasteiger partial charge on any atom is -0.370 e. The third kappa shape index (κ3) is 4.86. The number of aryl methyl sites for hydroxylation is 1. The zero-order valence-electron chi connectivity index (χ0n) is 18.7. The lowest BCUT2D eigenvalue weighted by atomic mass is 10.1. The molecule has 0 amide bonds. The van der Waals surface area contributed by atoms with Crippen LogP contribution in [0, 0.1) is 6.92 Å². The summed E-state index contributed by atoms with van der Waals surface area (Å²) in [7, 11) is -4.36. The van der Waals surface area contributed by atoms with Crippen LogP contribution in [0.25, 0.3) is 10.9 Å². The van der Waals surface area contributed by atoms with Crippen LogP contribution in [0.15, 0.2) is 78.1 Å². The van der Waals surface area contributed by atoms with Crippen LogP contribution in [0.1, 0.15) is 27.0 Å². The molecule has 0 aliphatic heterocycles. The van der Waals surface area contributed by atoms with Gasteiger partial charge in [0.25, 0.3) is 10.0 Å². The fourth-order valence-electron chi connectivity index (χ4n) is 3.62. The summed E-state index contributed by atoms with van der Waals surface area (Å²) in [6.45, 7) is 1.49. The molecule has 12 heteroatoms. The molecule has 0 spiro atoms. The second kappa shape index (κ2) is 9.55. The van der Waals surface area contributed by atoms with E-state index in [4.69, 9.17) is 5.90 Å². The summed E-state index contributed by atoms with van der Waals surface area (Å²) in [4.78, 5) is 24.8. The summed E-state index contributed by atoms with van der Waals surface area (Å²) in [5.41, 5.74) is -0.462. The summed E-state index contributed by atoms with van der Waals surface area (Å²) >= 11 is 0. The van der Waals surface area contributed by atoms with E-state index < -0.39 is 27.7 Å². The zero-order chi connectivity index (χ0) is 26.1. The van der Waals surface area contributed by atoms with Crippen molar-refractivity contribution >= 4 is 32.6 Å². The van der Waals surface area contributed by atoms with Crippen molar-refractivity contribution in [3.8, 4) is 0 Å². The molecule has 4 rings (SSSR count). The molecule has 0 radical (unpaired) electrons. The molecule has 0 aliphatic rings. The smallest absolute Gasteiger partial charge is 0.370 e. The van der Waals surface area contributed by atoms with Gasteiger partial charge in [-0.25, -0.2) is 13.2 Å². The van der Waals surface area contributed by atoms with Crippen LogP contribution < -0.4 is 10.2 Å². The van der Waals surface area contributed by atoms with Gasteiger partial charge in [-0.15, -0.1) is 0 Å². The van der Waals surface area contributed by atoms with Crippen molar-refractivity contribution in [2.24, 2.45) is 5.90 Å². The number of hydrogen-bond acceptors (Lipinski definition) is 7. The Kier molecular flexibility index (Phi) is 6.65. The Morgan fingerprint density at radius 3 is 2.42 bits per heavy atom. The highest BCUT2D eigenvalue weighted by Crippen LogP contribution is 2.38. The Labute approximate surface area is 204 Å². The van der Waals surface area contributed by atoms with E-state index in [0.717, 1.165) is 34.3 Å². The Morgan fingerprint density at radius 1 is 1.08 bits per heavy atom. The van der Waals surface area contributed by atoms with E-state index >= 15 is 0 Å². The first-order valence-corrected chi connectivity index (χ1v) is 11.9. The maximum Gasteiger partial charge on any atom is 0.416 e. The molecule has 0 aliphatic carbocycles. The van der Waals surface area contributed by atoms with Gasteiger partial charge in [0, 0.05) is 24.0 Å². The Hall–Kier alpha value is -4.03. The first kappa shape index (κ1) is 25.1. The molecule has 0 fully saturated rings. The lowest BCUT2D eigenvalue weighted by molar-refractivity contribution is -0.137. The average molecular weight is 517 g/mol. The third-order valence-electron chi connectivity index (χ3n) is 5.40. The molecule has 8 nitrogen and oxygen atoms in total. The molecular formula is C24H19F3N4O4S. The molecule has 2 heterocycles. The van der Waals surface area contributed by atoms with Crippen molar-refractivity contribution in [1.82, 2.24) is 9.97 Å². The van der Waals surface area contributed by atoms with Gasteiger partial charge in [-0.3, -0.25) is 14.3 Å². The first-order valence-electron chi connectivity index (χ1n) is 10.4. The molecule has 0 saturated heterocycles. The number of nitrogens with two attached hydrogens (primary N) is 1. The van der Waals surface area contributed by atoms with Crippen molar-refractivity contribution in [2.45, 2.75) is 24.5 Å². The van der Waals surface area contributed by atoms with Crippen LogP contribution in [0.4, 0.5) is 18.9 Å². The van der Waals surface area contributed by atoms with Crippen LogP contribution >= 0.6 is 0 Å². The molecule has 4 aromatic rings. The number of anilines is 1. The highest BCUT2D eigenvalue weighted by molar-refractivity contribution is 7.92. The molecular weight excluding hydrogens is 497 g/mol. The van der Waals surface area contributed by atoms with Crippen LogP contribution in [0.5, 0.6) is 0 Å². The van der Waals surface area contributed by atoms with Gasteiger partial charge >= 0.3 is 12.1 Å². The molecule has 0 unspecified atom stereocenters. The van der Waals surface area contributed by atoms with E-state index in [0.29, 0.717) is 5.56 Å². The molecule has 2 aromatic heterocycles. The second-order valence-electron chi connectivity index (χ2n) is 7.84. The molecule has 186 valence electrons. The minimum atomic E-state index is -4.66. The number of fused-ring (bicyclic) bond motifs is 1. The molecule has 0 atom stereocenters. The molecule has 0 saturated carbocycles. The van der Waals surface area contributed by atoms with Crippen molar-refractivity contribution in [3.63, 3.8) is 0 Å². The number of alkyl halides is 3. The van der Waals surface area contributed by atoms with E-state index in [1.54, 1.807) is 31.2 Å². The number of carbonyl (C=O) groups is 1. The van der Waals surface area contributed by atoms with E-state index in [-0.39, 0.29) is 33.6 Å². The maximum atomic E-state index is 13.9. The van der Waals surface area contributed by atoms with Crippen LogP contribution in [0.2, 0.25) is 0 Å². The van der Waals surface area contributed by atoms with Gasteiger partial charge < -0.3 is 4.84 Å². The van der Waals surface area contributed by atoms with E-state index in [2.05, 4.69) is 14.8 Å². The number of halogens is 3. The second-order valence-corrected chi connectivity index (χ2v) is 9.70. The third-order valence-corrected chi connectivity index (χ3v) is 7.16. The monoisotopic (exact) mass is 516 g/mol. The Bertz CT molecular complexity index is 1530. The van der Waals surface area contributed by atoms with Crippen molar-refractivity contribution in [1.29, 1.82) is 0 Å². The van der Waals surface area contributed by atoms with E-state index in [9.17, 15) is 26.4 Å². The number of benzene rings is 2. The van der Waals surface area contributed by atoms with Crippen LogP contribution in [0.3, 0.4) is 0 Å². The fourth-order valence-corrected chi connectivity index (χ4v) is 5.11. The average Bonchev–Trinajstić information content (AvgIpc) is 2.86. The van der Waals surface area contributed by atoms with E-state index in [1.807, 2.05) is 0 Å². The van der Waals surface area contributed by atoms with Gasteiger partial charge in [0.15, 0.2) is 0 Å².